The lowest BCUT2D eigenvalue weighted by molar-refractivity contribution is 0.799. The number of aromatic nitrogens is 2. The number of nitrogens with zero attached hydrogens (tertiary/aromatic N) is 2. The fourth-order valence-corrected chi connectivity index (χ4v) is 3.36. The molecule has 3 rings (SSSR count). The van der Waals surface area contributed by atoms with E-state index in [1.165, 1.54) is 10.4 Å². The van der Waals surface area contributed by atoms with Crippen LogP contribution in [0.25, 0.3) is 21.1 Å². The van der Waals surface area contributed by atoms with Gasteiger partial charge in [0.25, 0.3) is 0 Å². The third kappa shape index (κ3) is 3.20. The van der Waals surface area contributed by atoms with Crippen LogP contribution in [-0.2, 0) is 6.54 Å². The van der Waals surface area contributed by atoms with Crippen LogP contribution in [0.5, 0.6) is 0 Å². The van der Waals surface area contributed by atoms with Crippen molar-refractivity contribution in [2.75, 3.05) is 7.05 Å². The van der Waals surface area contributed by atoms with Crippen molar-refractivity contribution in [3.63, 3.8) is 0 Å². The summed E-state index contributed by atoms with van der Waals surface area (Å²) >= 11 is 5.09. The molecule has 0 fully saturated rings. The van der Waals surface area contributed by atoms with Gasteiger partial charge in [-0.25, -0.2) is 4.98 Å². The Hall–Kier alpha value is -1.56. The van der Waals surface area contributed by atoms with Crippen LogP contribution in [0.15, 0.2) is 53.1 Å². The first kappa shape index (κ1) is 14.4. The highest BCUT2D eigenvalue weighted by Crippen LogP contribution is 2.34. The molecule has 106 valence electrons. The van der Waals surface area contributed by atoms with Gasteiger partial charge in [-0.1, -0.05) is 30.3 Å². The number of hydrogen-bond donors (Lipinski definition) is 1. The average Bonchev–Trinajstić information content (AvgIpc) is 2.93. The van der Waals surface area contributed by atoms with Gasteiger partial charge >= 0.3 is 0 Å². The van der Waals surface area contributed by atoms with E-state index in [2.05, 4.69) is 50.5 Å². The number of halogens is 1. The average molecular weight is 360 g/mol. The molecule has 0 aliphatic heterocycles. The minimum absolute atomic E-state index is 0.747. The smallest absolute Gasteiger partial charge is 0.142 e. The van der Waals surface area contributed by atoms with E-state index in [1.54, 1.807) is 17.5 Å². The van der Waals surface area contributed by atoms with Gasteiger partial charge in [-0.3, -0.25) is 4.98 Å². The molecule has 0 atom stereocenters. The van der Waals surface area contributed by atoms with E-state index in [1.807, 2.05) is 25.2 Å². The predicted molar refractivity (Wildman–Crippen MR) is 91.2 cm³/mol. The molecule has 1 N–H and O–H groups in total. The molecule has 0 saturated carbocycles. The summed E-state index contributed by atoms with van der Waals surface area (Å²) in [6.07, 6.45) is 1.80. The summed E-state index contributed by atoms with van der Waals surface area (Å²) in [4.78, 5) is 10.4. The normalized spacial score (nSPS) is 10.8. The Morgan fingerprint density at radius 2 is 1.95 bits per heavy atom. The van der Waals surface area contributed by atoms with E-state index in [4.69, 9.17) is 4.98 Å². The molecule has 21 heavy (non-hydrogen) atoms. The number of thiazole rings is 1. The van der Waals surface area contributed by atoms with Gasteiger partial charge in [0, 0.05) is 17.2 Å². The van der Waals surface area contributed by atoms with Gasteiger partial charge in [0.05, 0.1) is 16.3 Å². The Kier molecular flexibility index (Phi) is 4.43. The van der Waals surface area contributed by atoms with Gasteiger partial charge in [0.2, 0.25) is 0 Å². The van der Waals surface area contributed by atoms with Crippen molar-refractivity contribution in [1.82, 2.24) is 15.3 Å². The quantitative estimate of drug-likeness (QED) is 0.752. The summed E-state index contributed by atoms with van der Waals surface area (Å²) < 4.78 is 0.974. The molecule has 3 aromatic rings. The fraction of sp³-hybridized carbons (Fsp3) is 0.125. The highest BCUT2D eigenvalue weighted by Gasteiger charge is 2.14. The largest absolute Gasteiger partial charge is 0.314 e. The van der Waals surface area contributed by atoms with E-state index in [0.29, 0.717) is 0 Å². The lowest BCUT2D eigenvalue weighted by Gasteiger charge is -2.00. The third-order valence-electron chi connectivity index (χ3n) is 3.02. The van der Waals surface area contributed by atoms with Crippen LogP contribution in [0.3, 0.4) is 0 Å². The van der Waals surface area contributed by atoms with E-state index in [9.17, 15) is 0 Å². The minimum atomic E-state index is 0.747. The van der Waals surface area contributed by atoms with E-state index >= 15 is 0 Å². The molecule has 1 aromatic carbocycles. The topological polar surface area (TPSA) is 37.8 Å². The van der Waals surface area contributed by atoms with E-state index in [-0.39, 0.29) is 0 Å². The number of rotatable bonds is 4. The Bertz CT molecular complexity index is 723. The third-order valence-corrected chi connectivity index (χ3v) is 4.66. The van der Waals surface area contributed by atoms with Gasteiger partial charge in [0.15, 0.2) is 0 Å². The number of nitrogens with one attached hydrogen (secondary N) is 1. The lowest BCUT2D eigenvalue weighted by Crippen LogP contribution is -2.06. The highest BCUT2D eigenvalue weighted by atomic mass is 79.9. The zero-order chi connectivity index (χ0) is 14.7. The summed E-state index contributed by atoms with van der Waals surface area (Å²) in [7, 11) is 1.94. The van der Waals surface area contributed by atoms with Crippen molar-refractivity contribution in [2.45, 2.75) is 6.54 Å². The number of hydrogen-bond acceptors (Lipinski definition) is 4. The maximum Gasteiger partial charge on any atom is 0.142 e. The summed E-state index contributed by atoms with van der Waals surface area (Å²) in [5, 5.41) is 4.13. The molecular formula is C16H14BrN3S. The second kappa shape index (κ2) is 6.47. The van der Waals surface area contributed by atoms with Crippen LogP contribution in [-0.4, -0.2) is 17.0 Å². The molecule has 0 aliphatic rings. The van der Waals surface area contributed by atoms with Gasteiger partial charge in [0.1, 0.15) is 5.01 Å². The molecule has 2 aromatic heterocycles. The molecule has 0 spiro atoms. The SMILES string of the molecule is CNCc1nc(-c2ccc(Br)cn2)sc1-c1ccccc1. The number of benzene rings is 1. The molecule has 0 bridgehead atoms. The van der Waals surface area contributed by atoms with Crippen molar-refractivity contribution in [3.05, 3.63) is 58.8 Å². The molecule has 0 unspecified atom stereocenters. The van der Waals surface area contributed by atoms with E-state index in [0.717, 1.165) is 27.4 Å². The van der Waals surface area contributed by atoms with Crippen LogP contribution in [0.1, 0.15) is 5.69 Å². The fourth-order valence-electron chi connectivity index (χ4n) is 2.07. The molecule has 5 heteroatoms. The maximum absolute atomic E-state index is 4.75. The first-order valence-electron chi connectivity index (χ1n) is 6.59. The Morgan fingerprint density at radius 1 is 1.14 bits per heavy atom. The molecule has 2 heterocycles. The molecule has 0 amide bonds. The zero-order valence-electron chi connectivity index (χ0n) is 11.5. The van der Waals surface area contributed by atoms with Gasteiger partial charge < -0.3 is 5.32 Å². The second-order valence-electron chi connectivity index (χ2n) is 4.55. The minimum Gasteiger partial charge on any atom is -0.314 e. The zero-order valence-corrected chi connectivity index (χ0v) is 13.9. The summed E-state index contributed by atoms with van der Waals surface area (Å²) in [6.45, 7) is 0.747. The van der Waals surface area contributed by atoms with Gasteiger partial charge in [-0.2, -0.15) is 0 Å². The Morgan fingerprint density at radius 3 is 2.62 bits per heavy atom. The van der Waals surface area contributed by atoms with Crippen molar-refractivity contribution < 1.29 is 0 Å². The molecule has 3 nitrogen and oxygen atoms in total. The monoisotopic (exact) mass is 359 g/mol. The first-order valence-corrected chi connectivity index (χ1v) is 8.20. The highest BCUT2D eigenvalue weighted by molar-refractivity contribution is 9.10. The van der Waals surface area contributed by atoms with Crippen molar-refractivity contribution in [3.8, 4) is 21.1 Å². The Labute approximate surface area is 136 Å². The molecule has 0 radical (unpaired) electrons. The van der Waals surface area contributed by atoms with Crippen LogP contribution < -0.4 is 5.32 Å². The molecule has 0 aliphatic carbocycles. The van der Waals surface area contributed by atoms with Crippen LogP contribution >= 0.6 is 27.3 Å². The van der Waals surface area contributed by atoms with Gasteiger partial charge in [-0.15, -0.1) is 11.3 Å². The van der Waals surface area contributed by atoms with Crippen molar-refractivity contribution in [2.24, 2.45) is 0 Å². The maximum atomic E-state index is 4.75. The standard InChI is InChI=1S/C16H14BrN3S/c1-18-10-14-15(11-5-3-2-4-6-11)21-16(20-14)13-8-7-12(17)9-19-13/h2-9,18H,10H2,1H3. The van der Waals surface area contributed by atoms with Crippen LogP contribution in [0.2, 0.25) is 0 Å². The van der Waals surface area contributed by atoms with Crippen molar-refractivity contribution in [1.29, 1.82) is 0 Å². The summed E-state index contributed by atoms with van der Waals surface area (Å²) in [6, 6.07) is 14.3. The summed E-state index contributed by atoms with van der Waals surface area (Å²) in [5.74, 6) is 0. The second-order valence-corrected chi connectivity index (χ2v) is 6.47. The van der Waals surface area contributed by atoms with Crippen molar-refractivity contribution >= 4 is 27.3 Å². The predicted octanol–water partition coefficient (Wildman–Crippen LogP) is 4.35. The molecular weight excluding hydrogens is 346 g/mol. The summed E-state index contributed by atoms with van der Waals surface area (Å²) in [5.41, 5.74) is 3.17. The van der Waals surface area contributed by atoms with Gasteiger partial charge in [-0.05, 0) is 40.7 Å². The number of pyridine rings is 1. The van der Waals surface area contributed by atoms with Crippen LogP contribution in [0, 0.1) is 0 Å². The molecule has 0 saturated heterocycles. The van der Waals surface area contributed by atoms with Crippen LogP contribution in [0.4, 0.5) is 0 Å². The van der Waals surface area contributed by atoms with E-state index < -0.39 is 0 Å². The lowest BCUT2D eigenvalue weighted by atomic mass is 10.1. The Balaban J connectivity index is 2.06. The first-order chi connectivity index (χ1) is 10.3.